The van der Waals surface area contributed by atoms with Crippen molar-refractivity contribution in [2.24, 2.45) is 0 Å². The molecule has 3 nitrogen and oxygen atoms in total. The van der Waals surface area contributed by atoms with Crippen LogP contribution in [0.3, 0.4) is 0 Å². The van der Waals surface area contributed by atoms with Gasteiger partial charge in [-0.1, -0.05) is 61.9 Å². The Morgan fingerprint density at radius 3 is 2.40 bits per heavy atom. The van der Waals surface area contributed by atoms with Crippen molar-refractivity contribution >= 4 is 17.7 Å². The number of ether oxygens (including phenoxy) is 1. The standard InChI is InChI=1S/C16H26O3S/c1-3-4-5-6-7-8-9-10-11-12-13-14-20-16(19-2)15(17)18/h7-8,10-11,13-14,16H,3-6,9,12H2,1-2H3,(H,17,18)/b8-7-,11-10-,14-13-. The molecule has 0 aromatic carbocycles. The van der Waals surface area contributed by atoms with Crippen LogP contribution in [0, 0.1) is 0 Å². The predicted molar refractivity (Wildman–Crippen MR) is 86.8 cm³/mol. The summed E-state index contributed by atoms with van der Waals surface area (Å²) in [5, 5.41) is 10.5. The minimum absolute atomic E-state index is 0.812. The van der Waals surface area contributed by atoms with Crippen LogP contribution < -0.4 is 0 Å². The highest BCUT2D eigenvalue weighted by Gasteiger charge is 2.14. The maximum absolute atomic E-state index is 10.7. The van der Waals surface area contributed by atoms with E-state index in [9.17, 15) is 4.79 Å². The fraction of sp³-hybridized carbons (Fsp3) is 0.562. The summed E-state index contributed by atoms with van der Waals surface area (Å²) >= 11 is 1.16. The second-order valence-corrected chi connectivity index (χ2v) is 5.30. The zero-order valence-corrected chi connectivity index (χ0v) is 13.3. The quantitative estimate of drug-likeness (QED) is 0.320. The maximum Gasteiger partial charge on any atom is 0.343 e. The summed E-state index contributed by atoms with van der Waals surface area (Å²) < 4.78 is 4.80. The molecule has 0 amide bonds. The number of carbonyl (C=O) groups is 1. The molecule has 0 saturated carbocycles. The molecular formula is C16H26O3S. The van der Waals surface area contributed by atoms with E-state index in [-0.39, 0.29) is 0 Å². The van der Waals surface area contributed by atoms with Crippen LogP contribution in [-0.2, 0) is 9.53 Å². The summed E-state index contributed by atoms with van der Waals surface area (Å²) in [6.45, 7) is 2.21. The number of hydrogen-bond acceptors (Lipinski definition) is 3. The highest BCUT2D eigenvalue weighted by molar-refractivity contribution is 8.03. The average Bonchev–Trinajstić information content (AvgIpc) is 2.43. The van der Waals surface area contributed by atoms with Gasteiger partial charge in [0.05, 0.1) is 0 Å². The first-order valence-electron chi connectivity index (χ1n) is 7.08. The van der Waals surface area contributed by atoms with Gasteiger partial charge >= 0.3 is 5.97 Å². The average molecular weight is 298 g/mol. The van der Waals surface area contributed by atoms with Crippen LogP contribution in [0.25, 0.3) is 0 Å². The van der Waals surface area contributed by atoms with Gasteiger partial charge in [0.1, 0.15) is 0 Å². The third-order valence-corrected chi connectivity index (χ3v) is 3.56. The van der Waals surface area contributed by atoms with Gasteiger partial charge in [0.15, 0.2) is 0 Å². The zero-order valence-electron chi connectivity index (χ0n) is 12.5. The fourth-order valence-corrected chi connectivity index (χ4v) is 2.07. The van der Waals surface area contributed by atoms with Gasteiger partial charge in [0.2, 0.25) is 5.44 Å². The topological polar surface area (TPSA) is 46.5 Å². The Labute approximate surface area is 126 Å². The first-order valence-corrected chi connectivity index (χ1v) is 8.02. The van der Waals surface area contributed by atoms with Crippen molar-refractivity contribution < 1.29 is 14.6 Å². The molecule has 0 rings (SSSR count). The molecule has 0 aromatic heterocycles. The molecule has 1 N–H and O–H groups in total. The fourth-order valence-electron chi connectivity index (χ4n) is 1.47. The van der Waals surface area contributed by atoms with Gasteiger partial charge in [-0.05, 0) is 31.1 Å². The molecule has 0 saturated heterocycles. The SMILES string of the molecule is CCCCC/C=C\C/C=C\C/C=C\SC(OC)C(=O)O. The van der Waals surface area contributed by atoms with Gasteiger partial charge in [0.25, 0.3) is 0 Å². The van der Waals surface area contributed by atoms with Crippen molar-refractivity contribution in [3.8, 4) is 0 Å². The summed E-state index contributed by atoms with van der Waals surface area (Å²) in [6, 6.07) is 0. The molecule has 4 heteroatoms. The van der Waals surface area contributed by atoms with E-state index in [1.54, 1.807) is 5.41 Å². The summed E-state index contributed by atoms with van der Waals surface area (Å²) in [5.41, 5.74) is -0.818. The van der Waals surface area contributed by atoms with E-state index in [0.29, 0.717) is 0 Å². The van der Waals surface area contributed by atoms with Crippen LogP contribution in [0.2, 0.25) is 0 Å². The summed E-state index contributed by atoms with van der Waals surface area (Å²) in [5.74, 6) is -0.953. The van der Waals surface area contributed by atoms with E-state index in [1.165, 1.54) is 32.8 Å². The normalized spacial score (nSPS) is 13.7. The van der Waals surface area contributed by atoms with Crippen LogP contribution in [0.5, 0.6) is 0 Å². The maximum atomic E-state index is 10.7. The second-order valence-electron chi connectivity index (χ2n) is 4.32. The monoisotopic (exact) mass is 298 g/mol. The lowest BCUT2D eigenvalue weighted by Gasteiger charge is -2.05. The number of unbranched alkanes of at least 4 members (excludes halogenated alkanes) is 3. The molecular weight excluding hydrogens is 272 g/mol. The Bertz CT molecular complexity index is 322. The summed E-state index contributed by atoms with van der Waals surface area (Å²) in [7, 11) is 1.40. The molecule has 0 spiro atoms. The first-order chi connectivity index (χ1) is 9.72. The molecule has 0 bridgehead atoms. The Hall–Kier alpha value is -1.00. The van der Waals surface area contributed by atoms with Crippen molar-refractivity contribution in [3.63, 3.8) is 0 Å². The van der Waals surface area contributed by atoms with Crippen molar-refractivity contribution in [2.75, 3.05) is 7.11 Å². The lowest BCUT2D eigenvalue weighted by molar-refractivity contribution is -0.143. The Balaban J connectivity index is 3.58. The lowest BCUT2D eigenvalue weighted by Crippen LogP contribution is -2.17. The van der Waals surface area contributed by atoms with Crippen LogP contribution in [0.15, 0.2) is 35.8 Å². The van der Waals surface area contributed by atoms with Gasteiger partial charge in [-0.15, -0.1) is 0 Å². The van der Waals surface area contributed by atoms with E-state index in [0.717, 1.165) is 24.6 Å². The highest BCUT2D eigenvalue weighted by Crippen LogP contribution is 2.13. The van der Waals surface area contributed by atoms with Crippen molar-refractivity contribution in [2.45, 2.75) is 50.9 Å². The first kappa shape index (κ1) is 19.0. The largest absolute Gasteiger partial charge is 0.479 e. The second kappa shape index (κ2) is 14.4. The van der Waals surface area contributed by atoms with Gasteiger partial charge in [-0.3, -0.25) is 0 Å². The number of hydrogen-bond donors (Lipinski definition) is 1. The smallest absolute Gasteiger partial charge is 0.343 e. The number of methoxy groups -OCH3 is 1. The number of carboxylic acids is 1. The number of aliphatic carboxylic acids is 1. The van der Waals surface area contributed by atoms with Gasteiger partial charge in [-0.2, -0.15) is 0 Å². The third kappa shape index (κ3) is 12.1. The predicted octanol–water partition coefficient (Wildman–Crippen LogP) is 4.76. The highest BCUT2D eigenvalue weighted by atomic mass is 32.2. The van der Waals surface area contributed by atoms with Gasteiger partial charge < -0.3 is 9.84 Å². The Morgan fingerprint density at radius 2 is 1.80 bits per heavy atom. The van der Waals surface area contributed by atoms with Crippen LogP contribution >= 0.6 is 11.8 Å². The number of carboxylic acid groups (broad SMARTS) is 1. The molecule has 0 aliphatic heterocycles. The number of allylic oxidation sites excluding steroid dienone is 5. The van der Waals surface area contributed by atoms with Crippen LogP contribution in [0.4, 0.5) is 0 Å². The molecule has 0 aromatic rings. The number of rotatable bonds is 12. The van der Waals surface area contributed by atoms with Crippen molar-refractivity contribution in [1.82, 2.24) is 0 Å². The minimum Gasteiger partial charge on any atom is -0.479 e. The van der Waals surface area contributed by atoms with Crippen LogP contribution in [-0.4, -0.2) is 23.6 Å². The van der Waals surface area contributed by atoms with E-state index in [1.807, 2.05) is 6.08 Å². The number of thioether (sulfide) groups is 1. The molecule has 0 aliphatic carbocycles. The van der Waals surface area contributed by atoms with E-state index in [4.69, 9.17) is 9.84 Å². The third-order valence-electron chi connectivity index (χ3n) is 2.57. The lowest BCUT2D eigenvalue weighted by atomic mass is 10.2. The van der Waals surface area contributed by atoms with E-state index >= 15 is 0 Å². The zero-order chi connectivity index (χ0) is 15.1. The molecule has 0 heterocycles. The van der Waals surface area contributed by atoms with Gasteiger partial charge in [0, 0.05) is 7.11 Å². The Morgan fingerprint density at radius 1 is 1.15 bits per heavy atom. The molecule has 0 aliphatic rings. The molecule has 0 fully saturated rings. The molecule has 20 heavy (non-hydrogen) atoms. The summed E-state index contributed by atoms with van der Waals surface area (Å²) in [6.07, 6.45) is 17.4. The minimum atomic E-state index is -0.953. The van der Waals surface area contributed by atoms with E-state index in [2.05, 4.69) is 31.2 Å². The Kier molecular flexibility index (Phi) is 13.7. The van der Waals surface area contributed by atoms with Crippen molar-refractivity contribution in [1.29, 1.82) is 0 Å². The summed E-state index contributed by atoms with van der Waals surface area (Å²) in [4.78, 5) is 10.7. The van der Waals surface area contributed by atoms with E-state index < -0.39 is 11.4 Å². The van der Waals surface area contributed by atoms with Crippen molar-refractivity contribution in [3.05, 3.63) is 35.8 Å². The molecule has 1 atom stereocenters. The molecule has 0 radical (unpaired) electrons. The molecule has 1 unspecified atom stereocenters. The van der Waals surface area contributed by atoms with Gasteiger partial charge in [-0.25, -0.2) is 4.79 Å². The molecule has 114 valence electrons. The van der Waals surface area contributed by atoms with Crippen LogP contribution in [0.1, 0.15) is 45.4 Å².